The van der Waals surface area contributed by atoms with Gasteiger partial charge in [0.05, 0.1) is 10.9 Å². The summed E-state index contributed by atoms with van der Waals surface area (Å²) in [5.41, 5.74) is 1.35. The molecule has 0 N–H and O–H groups in total. The van der Waals surface area contributed by atoms with Crippen molar-refractivity contribution in [1.82, 2.24) is 14.5 Å². The minimum Gasteiger partial charge on any atom is -0.336 e. The van der Waals surface area contributed by atoms with E-state index in [-0.39, 0.29) is 17.5 Å². The second kappa shape index (κ2) is 7.22. The third-order valence-electron chi connectivity index (χ3n) is 5.88. The molecule has 2 aliphatic heterocycles. The Kier molecular flexibility index (Phi) is 4.79. The SMILES string of the molecule is CC1CCCCN1C(=O)c1ccc2c(=O)n3c(nc2c1)CCCCCC3. The van der Waals surface area contributed by atoms with Gasteiger partial charge in [0.1, 0.15) is 5.82 Å². The molecule has 2 aliphatic rings. The van der Waals surface area contributed by atoms with Crippen LogP contribution in [0.1, 0.15) is 68.1 Å². The van der Waals surface area contributed by atoms with Crippen molar-refractivity contribution in [2.24, 2.45) is 0 Å². The van der Waals surface area contributed by atoms with Crippen molar-refractivity contribution in [3.63, 3.8) is 0 Å². The highest BCUT2D eigenvalue weighted by atomic mass is 16.2. The zero-order valence-corrected chi connectivity index (χ0v) is 15.5. The van der Waals surface area contributed by atoms with Crippen LogP contribution in [0.5, 0.6) is 0 Å². The molecule has 4 rings (SSSR count). The number of benzene rings is 1. The fourth-order valence-corrected chi connectivity index (χ4v) is 4.29. The number of carbonyl (C=O) groups excluding carboxylic acids is 1. The molecule has 1 aromatic heterocycles. The van der Waals surface area contributed by atoms with Crippen molar-refractivity contribution < 1.29 is 4.79 Å². The molecule has 1 atom stereocenters. The van der Waals surface area contributed by atoms with E-state index < -0.39 is 0 Å². The van der Waals surface area contributed by atoms with Crippen molar-refractivity contribution in [3.8, 4) is 0 Å². The van der Waals surface area contributed by atoms with Gasteiger partial charge in [-0.05, 0) is 57.2 Å². The van der Waals surface area contributed by atoms with E-state index in [0.717, 1.165) is 51.0 Å². The van der Waals surface area contributed by atoms with Gasteiger partial charge in [0.15, 0.2) is 0 Å². The van der Waals surface area contributed by atoms with Crippen molar-refractivity contribution >= 4 is 16.8 Å². The zero-order valence-electron chi connectivity index (χ0n) is 15.5. The first-order valence-electron chi connectivity index (χ1n) is 9.99. The van der Waals surface area contributed by atoms with E-state index in [4.69, 9.17) is 4.98 Å². The lowest BCUT2D eigenvalue weighted by atomic mass is 10.0. The lowest BCUT2D eigenvalue weighted by Crippen LogP contribution is -2.42. The number of aryl methyl sites for hydroxylation is 1. The molecule has 1 aromatic carbocycles. The highest BCUT2D eigenvalue weighted by Gasteiger charge is 2.24. The Balaban J connectivity index is 1.74. The van der Waals surface area contributed by atoms with Gasteiger partial charge in [0, 0.05) is 31.1 Å². The Bertz CT molecular complexity index is 887. The Labute approximate surface area is 154 Å². The van der Waals surface area contributed by atoms with Crippen LogP contribution in [-0.2, 0) is 13.0 Å². The second-order valence-electron chi connectivity index (χ2n) is 7.72. The summed E-state index contributed by atoms with van der Waals surface area (Å²) in [5, 5.41) is 0.623. The number of carbonyl (C=O) groups is 1. The molecule has 0 aliphatic carbocycles. The van der Waals surface area contributed by atoms with Crippen molar-refractivity contribution in [2.75, 3.05) is 6.54 Å². The largest absolute Gasteiger partial charge is 0.336 e. The minimum atomic E-state index is 0.0391. The molecular formula is C21H27N3O2. The number of aromatic nitrogens is 2. The van der Waals surface area contributed by atoms with Crippen LogP contribution in [0.3, 0.4) is 0 Å². The van der Waals surface area contributed by atoms with Gasteiger partial charge in [0.2, 0.25) is 0 Å². The van der Waals surface area contributed by atoms with Gasteiger partial charge in [-0.15, -0.1) is 0 Å². The van der Waals surface area contributed by atoms with Gasteiger partial charge in [-0.1, -0.05) is 12.8 Å². The third kappa shape index (κ3) is 3.15. The molecule has 3 heterocycles. The minimum absolute atomic E-state index is 0.0391. The summed E-state index contributed by atoms with van der Waals surface area (Å²) < 4.78 is 1.84. The van der Waals surface area contributed by atoms with Crippen LogP contribution in [0.2, 0.25) is 0 Å². The predicted octanol–water partition coefficient (Wildman–Crippen LogP) is 3.53. The summed E-state index contributed by atoms with van der Waals surface area (Å²) >= 11 is 0. The summed E-state index contributed by atoms with van der Waals surface area (Å²) in [4.78, 5) is 32.6. The van der Waals surface area contributed by atoms with Gasteiger partial charge in [-0.2, -0.15) is 0 Å². The van der Waals surface area contributed by atoms with Crippen LogP contribution in [0.4, 0.5) is 0 Å². The van der Waals surface area contributed by atoms with E-state index in [1.807, 2.05) is 15.5 Å². The van der Waals surface area contributed by atoms with Crippen LogP contribution in [-0.4, -0.2) is 32.9 Å². The van der Waals surface area contributed by atoms with E-state index in [1.165, 1.54) is 19.3 Å². The number of likely N-dealkylation sites (tertiary alicyclic amines) is 1. The molecule has 138 valence electrons. The molecule has 1 unspecified atom stereocenters. The molecule has 0 spiro atoms. The van der Waals surface area contributed by atoms with Crippen molar-refractivity contribution in [2.45, 2.75) is 70.9 Å². The molecule has 5 nitrogen and oxygen atoms in total. The summed E-state index contributed by atoms with van der Waals surface area (Å²) in [7, 11) is 0. The Hall–Kier alpha value is -2.17. The fourth-order valence-electron chi connectivity index (χ4n) is 4.29. The Morgan fingerprint density at radius 3 is 2.73 bits per heavy atom. The number of hydrogen-bond donors (Lipinski definition) is 0. The van der Waals surface area contributed by atoms with E-state index in [2.05, 4.69) is 6.92 Å². The average molecular weight is 353 g/mol. The molecule has 1 amide bonds. The first-order chi connectivity index (χ1) is 12.6. The quantitative estimate of drug-likeness (QED) is 0.788. The van der Waals surface area contributed by atoms with E-state index in [9.17, 15) is 9.59 Å². The molecule has 5 heteroatoms. The number of piperidine rings is 1. The van der Waals surface area contributed by atoms with E-state index in [0.29, 0.717) is 16.5 Å². The highest BCUT2D eigenvalue weighted by Crippen LogP contribution is 2.21. The Morgan fingerprint density at radius 2 is 1.88 bits per heavy atom. The van der Waals surface area contributed by atoms with Gasteiger partial charge >= 0.3 is 0 Å². The lowest BCUT2D eigenvalue weighted by molar-refractivity contribution is 0.0636. The first kappa shape index (κ1) is 17.3. The van der Waals surface area contributed by atoms with Crippen LogP contribution >= 0.6 is 0 Å². The summed E-state index contributed by atoms with van der Waals surface area (Å²) in [6.07, 6.45) is 8.62. The van der Waals surface area contributed by atoms with Crippen LogP contribution < -0.4 is 5.56 Å². The van der Waals surface area contributed by atoms with Crippen LogP contribution in [0.15, 0.2) is 23.0 Å². The standard InChI is InChI=1S/C21H27N3O2/c1-15-8-5-7-12-23(15)20(25)16-10-11-17-18(14-16)22-19-9-4-2-3-6-13-24(19)21(17)26/h10-11,14-15H,2-9,12-13H2,1H3. The molecule has 26 heavy (non-hydrogen) atoms. The number of nitrogens with zero attached hydrogens (tertiary/aromatic N) is 3. The fraction of sp³-hybridized carbons (Fsp3) is 0.571. The summed E-state index contributed by atoms with van der Waals surface area (Å²) in [6.45, 7) is 3.69. The first-order valence-corrected chi connectivity index (χ1v) is 9.99. The predicted molar refractivity (Wildman–Crippen MR) is 103 cm³/mol. The van der Waals surface area contributed by atoms with Crippen LogP contribution in [0, 0.1) is 0 Å². The van der Waals surface area contributed by atoms with Crippen molar-refractivity contribution in [3.05, 3.63) is 39.9 Å². The maximum absolute atomic E-state index is 12.9. The van der Waals surface area contributed by atoms with Crippen molar-refractivity contribution in [1.29, 1.82) is 0 Å². The molecular weight excluding hydrogens is 326 g/mol. The maximum atomic E-state index is 12.9. The lowest BCUT2D eigenvalue weighted by Gasteiger charge is -2.33. The highest BCUT2D eigenvalue weighted by molar-refractivity contribution is 5.97. The smallest absolute Gasteiger partial charge is 0.261 e. The molecule has 0 bridgehead atoms. The van der Waals surface area contributed by atoms with E-state index >= 15 is 0 Å². The summed E-state index contributed by atoms with van der Waals surface area (Å²) in [5.74, 6) is 0.936. The van der Waals surface area contributed by atoms with Gasteiger partial charge in [0.25, 0.3) is 11.5 Å². The van der Waals surface area contributed by atoms with Gasteiger partial charge in [-0.3, -0.25) is 14.2 Å². The van der Waals surface area contributed by atoms with Gasteiger partial charge in [-0.25, -0.2) is 4.98 Å². The molecule has 1 fully saturated rings. The molecule has 2 aromatic rings. The average Bonchev–Trinajstić information content (AvgIpc) is 2.63. The zero-order chi connectivity index (χ0) is 18.1. The maximum Gasteiger partial charge on any atom is 0.261 e. The number of fused-ring (bicyclic) bond motifs is 2. The number of hydrogen-bond acceptors (Lipinski definition) is 3. The van der Waals surface area contributed by atoms with Gasteiger partial charge < -0.3 is 4.90 Å². The topological polar surface area (TPSA) is 55.2 Å². The monoisotopic (exact) mass is 353 g/mol. The number of rotatable bonds is 1. The number of amides is 1. The van der Waals surface area contributed by atoms with E-state index in [1.54, 1.807) is 12.1 Å². The van der Waals surface area contributed by atoms with Crippen LogP contribution in [0.25, 0.3) is 10.9 Å². The second-order valence-corrected chi connectivity index (χ2v) is 7.72. The molecule has 1 saturated heterocycles. The molecule has 0 saturated carbocycles. The third-order valence-corrected chi connectivity index (χ3v) is 5.88. The Morgan fingerprint density at radius 1 is 1.08 bits per heavy atom. The normalized spacial score (nSPS) is 21.1. The molecule has 0 radical (unpaired) electrons. The summed E-state index contributed by atoms with van der Waals surface area (Å²) in [6, 6.07) is 5.69.